The average Bonchev–Trinajstić information content (AvgIpc) is 2.63. The zero-order valence-corrected chi connectivity index (χ0v) is 16.7. The molecular weight excluding hydrogens is 426 g/mol. The van der Waals surface area contributed by atoms with Crippen molar-refractivity contribution in [3.63, 3.8) is 0 Å². The molecule has 140 valence electrons. The Hall–Kier alpha value is -0.820. The van der Waals surface area contributed by atoms with Gasteiger partial charge in [-0.1, -0.05) is 76.7 Å². The molecule has 1 aromatic rings. The highest BCUT2D eigenvalue weighted by molar-refractivity contribution is 6.62. The number of rotatable bonds is 3. The second kappa shape index (κ2) is 6.66. The zero-order valence-electron chi connectivity index (χ0n) is 13.7. The summed E-state index contributed by atoms with van der Waals surface area (Å²) in [5.41, 5.74) is 0.673. The number of allylic oxidation sites excluding steroid dienone is 1. The average molecular weight is 440 g/mol. The van der Waals surface area contributed by atoms with Crippen LogP contribution in [0.5, 0.6) is 0 Å². The summed E-state index contributed by atoms with van der Waals surface area (Å²) in [4.78, 5) is 23.5. The van der Waals surface area contributed by atoms with Crippen molar-refractivity contribution in [1.29, 1.82) is 0 Å². The fourth-order valence-corrected chi connectivity index (χ4v) is 5.22. The van der Waals surface area contributed by atoms with Gasteiger partial charge in [-0.25, -0.2) is 0 Å². The molecule has 9 heteroatoms. The van der Waals surface area contributed by atoms with Crippen LogP contribution >= 0.6 is 46.4 Å². The highest BCUT2D eigenvalue weighted by Crippen LogP contribution is 2.61. The molecule has 0 amide bonds. The maximum Gasteiger partial charge on any atom is 0.244 e. The van der Waals surface area contributed by atoms with E-state index in [4.69, 9.17) is 60.6 Å². The zero-order chi connectivity index (χ0) is 19.3. The molecule has 0 bridgehead atoms. The van der Waals surface area contributed by atoms with Crippen LogP contribution in [0.3, 0.4) is 0 Å². The maximum atomic E-state index is 13.0. The topological polar surface area (TPSA) is 61.8 Å². The van der Waals surface area contributed by atoms with Crippen LogP contribution < -0.4 is 0 Å². The van der Waals surface area contributed by atoms with Gasteiger partial charge in [0.1, 0.15) is 5.03 Å². The number of Topliss-reactive ketones (excluding diaryl/α,β-unsaturated/α-hetero) is 2. The Balaban J connectivity index is 2.24. The summed E-state index contributed by atoms with van der Waals surface area (Å²) >= 11 is 25.5. The van der Waals surface area contributed by atoms with Gasteiger partial charge in [-0.15, -0.1) is 0 Å². The van der Waals surface area contributed by atoms with E-state index in [1.807, 2.05) is 6.07 Å². The molecule has 0 radical (unpaired) electrons. The highest BCUT2D eigenvalue weighted by atomic mass is 35.5. The lowest BCUT2D eigenvalue weighted by atomic mass is 9.76. The molecule has 0 saturated carbocycles. The Morgan fingerprint density at radius 2 is 1.73 bits per heavy atom. The van der Waals surface area contributed by atoms with E-state index in [9.17, 15) is 9.59 Å². The smallest absolute Gasteiger partial charge is 0.244 e. The van der Waals surface area contributed by atoms with E-state index in [0.717, 1.165) is 0 Å². The lowest BCUT2D eigenvalue weighted by Gasteiger charge is -2.55. The number of benzene rings is 1. The summed E-state index contributed by atoms with van der Waals surface area (Å²) in [5.74, 6) is -4.15. The Morgan fingerprint density at radius 3 is 2.27 bits per heavy atom. The molecule has 3 atom stereocenters. The van der Waals surface area contributed by atoms with Crippen molar-refractivity contribution >= 4 is 58.0 Å². The number of methoxy groups -OCH3 is 2. The molecule has 1 aromatic carbocycles. The fourth-order valence-electron chi connectivity index (χ4n) is 3.31. The number of hydrogen-bond acceptors (Lipinski definition) is 5. The lowest BCUT2D eigenvalue weighted by Crippen LogP contribution is -2.75. The molecule has 0 unspecified atom stereocenters. The van der Waals surface area contributed by atoms with Gasteiger partial charge in [-0.05, 0) is 5.56 Å². The first kappa shape index (κ1) is 19.9. The van der Waals surface area contributed by atoms with Crippen LogP contribution in [0.1, 0.15) is 18.1 Å². The number of carbonyl (C=O) groups excluding carboxylic acids is 2. The van der Waals surface area contributed by atoms with E-state index < -0.39 is 37.7 Å². The van der Waals surface area contributed by atoms with Gasteiger partial charge >= 0.3 is 0 Å². The fraction of sp³-hybridized carbons (Fsp3) is 0.412. The number of fused-ring (bicyclic) bond motifs is 1. The largest absolute Gasteiger partial charge is 0.496 e. The highest BCUT2D eigenvalue weighted by Gasteiger charge is 2.78. The molecule has 1 fully saturated rings. The number of ketones is 2. The van der Waals surface area contributed by atoms with Crippen LogP contribution in [0.2, 0.25) is 0 Å². The van der Waals surface area contributed by atoms with Crippen molar-refractivity contribution in [3.8, 4) is 0 Å². The minimum Gasteiger partial charge on any atom is -0.496 e. The summed E-state index contributed by atoms with van der Waals surface area (Å²) in [6.07, 6.45) is -0.962. The normalized spacial score (nSPS) is 33.8. The van der Waals surface area contributed by atoms with Gasteiger partial charge < -0.3 is 14.2 Å². The molecular formula is C17H14Cl4O5. The quantitative estimate of drug-likeness (QED) is 0.528. The summed E-state index contributed by atoms with van der Waals surface area (Å²) in [6.45, 7) is 0. The molecule has 1 aliphatic carbocycles. The summed E-state index contributed by atoms with van der Waals surface area (Å²) in [7, 11) is 2.42. The second-order valence-electron chi connectivity index (χ2n) is 5.87. The molecule has 1 aliphatic heterocycles. The van der Waals surface area contributed by atoms with Crippen LogP contribution in [-0.2, 0) is 23.8 Å². The van der Waals surface area contributed by atoms with Gasteiger partial charge in [0.15, 0.2) is 11.5 Å². The van der Waals surface area contributed by atoms with E-state index in [-0.39, 0.29) is 12.2 Å². The third-order valence-electron chi connectivity index (χ3n) is 4.59. The predicted octanol–water partition coefficient (Wildman–Crippen LogP) is 3.89. The van der Waals surface area contributed by atoms with Crippen LogP contribution in [0.15, 0.2) is 41.1 Å². The van der Waals surface area contributed by atoms with Gasteiger partial charge in [0.25, 0.3) is 0 Å². The molecule has 5 nitrogen and oxygen atoms in total. The summed E-state index contributed by atoms with van der Waals surface area (Å²) in [6, 6.07) is 8.90. The van der Waals surface area contributed by atoms with Gasteiger partial charge in [-0.3, -0.25) is 9.59 Å². The van der Waals surface area contributed by atoms with E-state index in [1.54, 1.807) is 24.3 Å². The van der Waals surface area contributed by atoms with Gasteiger partial charge in [0.2, 0.25) is 20.8 Å². The maximum absolute atomic E-state index is 13.0. The van der Waals surface area contributed by atoms with Crippen molar-refractivity contribution in [1.82, 2.24) is 0 Å². The Labute approximate surface area is 170 Å². The Morgan fingerprint density at radius 1 is 1.12 bits per heavy atom. The van der Waals surface area contributed by atoms with Crippen LogP contribution in [0.25, 0.3) is 0 Å². The Bertz CT molecular complexity index is 794. The monoisotopic (exact) mass is 438 g/mol. The van der Waals surface area contributed by atoms with Gasteiger partial charge in [0, 0.05) is 13.5 Å². The van der Waals surface area contributed by atoms with Crippen molar-refractivity contribution in [2.45, 2.75) is 27.5 Å². The number of hydrogen-bond donors (Lipinski definition) is 0. The molecule has 26 heavy (non-hydrogen) atoms. The first-order valence-corrected chi connectivity index (χ1v) is 9.05. The van der Waals surface area contributed by atoms with E-state index >= 15 is 0 Å². The van der Waals surface area contributed by atoms with Gasteiger partial charge in [0.05, 0.1) is 13.2 Å². The third kappa shape index (κ3) is 2.38. The third-order valence-corrected chi connectivity index (χ3v) is 6.41. The van der Waals surface area contributed by atoms with E-state index in [2.05, 4.69) is 0 Å². The number of ether oxygens (including phenoxy) is 3. The Kier molecular flexibility index (Phi) is 5.10. The van der Waals surface area contributed by atoms with Crippen molar-refractivity contribution in [2.75, 3.05) is 14.2 Å². The second-order valence-corrected chi connectivity index (χ2v) is 8.15. The molecule has 0 aromatic heterocycles. The number of alkyl halides is 3. The summed E-state index contributed by atoms with van der Waals surface area (Å²) < 4.78 is 14.4. The summed E-state index contributed by atoms with van der Waals surface area (Å²) in [5, 5.41) is -0.477. The first-order valence-electron chi connectivity index (χ1n) is 7.54. The standard InChI is InChI=1S/C17H14Cl4O5/c1-24-14-12(18)13(23)15(19)11(22)8-10(9-6-4-3-5-7-9)26-17(15,25-2)16(14,20)21/h3-7,10H,8H2,1-2H3/t10-,15-,17+/m0/s1. The van der Waals surface area contributed by atoms with E-state index in [1.165, 1.54) is 14.2 Å². The van der Waals surface area contributed by atoms with Crippen molar-refractivity contribution in [3.05, 3.63) is 46.7 Å². The van der Waals surface area contributed by atoms with Crippen LogP contribution in [-0.4, -0.2) is 40.8 Å². The SMILES string of the molecule is COC1=C(Cl)C(=O)[C@@]2(Cl)C(=O)C[C@@H](c3ccccc3)O[C@@]2(OC)C1(Cl)Cl. The molecule has 1 saturated heterocycles. The molecule has 3 rings (SSSR count). The van der Waals surface area contributed by atoms with Crippen LogP contribution in [0.4, 0.5) is 0 Å². The lowest BCUT2D eigenvalue weighted by molar-refractivity contribution is -0.280. The van der Waals surface area contributed by atoms with Crippen molar-refractivity contribution in [2.24, 2.45) is 0 Å². The molecule has 0 spiro atoms. The van der Waals surface area contributed by atoms with Crippen LogP contribution in [0, 0.1) is 0 Å². The predicted molar refractivity (Wildman–Crippen MR) is 97.5 cm³/mol. The first-order chi connectivity index (χ1) is 12.2. The number of carbonyl (C=O) groups is 2. The minimum atomic E-state index is -2.35. The van der Waals surface area contributed by atoms with E-state index in [0.29, 0.717) is 5.56 Å². The molecule has 2 aliphatic rings. The molecule has 1 heterocycles. The minimum absolute atomic E-state index is 0.180. The van der Waals surface area contributed by atoms with Crippen molar-refractivity contribution < 1.29 is 23.8 Å². The molecule has 0 N–H and O–H groups in total. The van der Waals surface area contributed by atoms with Gasteiger partial charge in [-0.2, -0.15) is 0 Å². The number of halogens is 4.